The lowest BCUT2D eigenvalue weighted by molar-refractivity contribution is 0.365. The van der Waals surface area contributed by atoms with Gasteiger partial charge in [-0.05, 0) is 26.2 Å². The molecule has 0 aliphatic rings. The highest BCUT2D eigenvalue weighted by molar-refractivity contribution is 5.29. The van der Waals surface area contributed by atoms with Gasteiger partial charge in [0.2, 0.25) is 5.82 Å². The molecule has 0 saturated heterocycles. The first-order valence-electron chi connectivity index (χ1n) is 6.20. The van der Waals surface area contributed by atoms with E-state index in [1.54, 1.807) is 0 Å². The van der Waals surface area contributed by atoms with E-state index in [0.29, 0.717) is 12.8 Å². The monoisotopic (exact) mass is 290 g/mol. The van der Waals surface area contributed by atoms with Crippen LogP contribution in [0.2, 0.25) is 0 Å². The van der Waals surface area contributed by atoms with E-state index in [2.05, 4.69) is 6.58 Å². The lowest BCUT2D eigenvalue weighted by Crippen LogP contribution is -2.10. The van der Waals surface area contributed by atoms with Crippen LogP contribution in [0.25, 0.3) is 0 Å². The first-order valence-corrected chi connectivity index (χ1v) is 6.20. The van der Waals surface area contributed by atoms with Gasteiger partial charge < -0.3 is 0 Å². The van der Waals surface area contributed by atoms with Crippen LogP contribution in [0, 0.1) is 29.1 Å². The Bertz CT molecular complexity index is 490. The third-order valence-electron chi connectivity index (χ3n) is 3.02. The molecule has 1 unspecified atom stereocenters. The second-order valence-electron chi connectivity index (χ2n) is 4.33. The third kappa shape index (κ3) is 3.26. The number of hydrogen-bond acceptors (Lipinski definition) is 0. The van der Waals surface area contributed by atoms with Gasteiger partial charge in [0.25, 0.3) is 0 Å². The first-order chi connectivity index (χ1) is 9.45. The van der Waals surface area contributed by atoms with E-state index in [0.717, 1.165) is 0 Å². The van der Waals surface area contributed by atoms with E-state index in [1.807, 2.05) is 19.1 Å². The van der Waals surface area contributed by atoms with Gasteiger partial charge in [-0.1, -0.05) is 18.2 Å². The standard InChI is InChI=1S/C15H15F5/c1-3-5-6-7-8-9(4-2)10-11(16)13(18)15(20)14(19)12(10)17/h3-5,9H,2,6-8H2,1H3/b5-3+. The fourth-order valence-electron chi connectivity index (χ4n) is 1.95. The van der Waals surface area contributed by atoms with Gasteiger partial charge in [0, 0.05) is 11.5 Å². The normalized spacial score (nSPS) is 12.9. The minimum atomic E-state index is -2.14. The Balaban J connectivity index is 3.12. The van der Waals surface area contributed by atoms with E-state index in [1.165, 1.54) is 6.08 Å². The summed E-state index contributed by atoms with van der Waals surface area (Å²) >= 11 is 0. The zero-order valence-electron chi connectivity index (χ0n) is 11.0. The van der Waals surface area contributed by atoms with Crippen LogP contribution in [-0.4, -0.2) is 0 Å². The molecule has 0 bridgehead atoms. The van der Waals surface area contributed by atoms with E-state index in [4.69, 9.17) is 0 Å². The van der Waals surface area contributed by atoms with Gasteiger partial charge in [-0.25, -0.2) is 22.0 Å². The molecule has 110 valence electrons. The molecular formula is C15H15F5. The largest absolute Gasteiger partial charge is 0.203 e. The van der Waals surface area contributed by atoms with Crippen molar-refractivity contribution in [1.29, 1.82) is 0 Å². The zero-order valence-corrected chi connectivity index (χ0v) is 11.0. The Hall–Kier alpha value is -1.65. The van der Waals surface area contributed by atoms with Crippen molar-refractivity contribution in [2.24, 2.45) is 0 Å². The molecule has 0 nitrogen and oxygen atoms in total. The molecule has 20 heavy (non-hydrogen) atoms. The van der Waals surface area contributed by atoms with Crippen LogP contribution in [0.5, 0.6) is 0 Å². The molecule has 0 aromatic heterocycles. The predicted octanol–water partition coefficient (Wildman–Crippen LogP) is 5.40. The van der Waals surface area contributed by atoms with Gasteiger partial charge in [-0.3, -0.25) is 0 Å². The minimum absolute atomic E-state index is 0.256. The summed E-state index contributed by atoms with van der Waals surface area (Å²) in [7, 11) is 0. The maximum absolute atomic E-state index is 13.6. The van der Waals surface area contributed by atoms with Crippen molar-refractivity contribution in [2.45, 2.75) is 32.1 Å². The van der Waals surface area contributed by atoms with Crippen molar-refractivity contribution < 1.29 is 22.0 Å². The molecule has 0 amide bonds. The number of hydrogen-bond donors (Lipinski definition) is 0. The van der Waals surface area contributed by atoms with Crippen molar-refractivity contribution >= 4 is 0 Å². The topological polar surface area (TPSA) is 0 Å². The molecule has 1 aromatic rings. The number of benzene rings is 1. The molecule has 1 rings (SSSR count). The molecule has 5 heteroatoms. The van der Waals surface area contributed by atoms with Crippen LogP contribution in [0.1, 0.15) is 37.7 Å². The summed E-state index contributed by atoms with van der Waals surface area (Å²) in [5.41, 5.74) is -0.808. The second kappa shape index (κ2) is 7.22. The summed E-state index contributed by atoms with van der Waals surface area (Å²) in [6, 6.07) is 0. The highest BCUT2D eigenvalue weighted by Gasteiger charge is 2.28. The van der Waals surface area contributed by atoms with E-state index in [9.17, 15) is 22.0 Å². The fourth-order valence-corrected chi connectivity index (χ4v) is 1.95. The Labute approximate surface area is 114 Å². The maximum Gasteiger partial charge on any atom is 0.200 e. The van der Waals surface area contributed by atoms with Gasteiger partial charge in [0.05, 0.1) is 0 Å². The van der Waals surface area contributed by atoms with Gasteiger partial charge in [0.1, 0.15) is 0 Å². The number of halogens is 5. The molecule has 1 atom stereocenters. The van der Waals surface area contributed by atoms with Crippen molar-refractivity contribution in [1.82, 2.24) is 0 Å². The van der Waals surface area contributed by atoms with Crippen LogP contribution < -0.4 is 0 Å². The van der Waals surface area contributed by atoms with Crippen molar-refractivity contribution in [3.05, 3.63) is 59.5 Å². The summed E-state index contributed by atoms with van der Waals surface area (Å²) in [5, 5.41) is 0. The van der Waals surface area contributed by atoms with Crippen molar-refractivity contribution in [3.8, 4) is 0 Å². The first kappa shape index (κ1) is 16.4. The van der Waals surface area contributed by atoms with E-state index >= 15 is 0 Å². The molecule has 0 radical (unpaired) electrons. The van der Waals surface area contributed by atoms with Crippen LogP contribution in [-0.2, 0) is 0 Å². The summed E-state index contributed by atoms with van der Waals surface area (Å²) < 4.78 is 66.5. The molecule has 0 saturated carbocycles. The predicted molar refractivity (Wildman–Crippen MR) is 67.8 cm³/mol. The molecule has 0 N–H and O–H groups in total. The van der Waals surface area contributed by atoms with Crippen LogP contribution in [0.4, 0.5) is 22.0 Å². The molecule has 0 aliphatic heterocycles. The van der Waals surface area contributed by atoms with Gasteiger partial charge in [-0.2, -0.15) is 0 Å². The smallest absolute Gasteiger partial charge is 0.200 e. The third-order valence-corrected chi connectivity index (χ3v) is 3.02. The molecule has 0 heterocycles. The second-order valence-corrected chi connectivity index (χ2v) is 4.33. The summed E-state index contributed by atoms with van der Waals surface area (Å²) in [4.78, 5) is 0. The van der Waals surface area contributed by atoms with Gasteiger partial charge in [0.15, 0.2) is 23.3 Å². The Morgan fingerprint density at radius 3 is 1.90 bits per heavy atom. The number of rotatable bonds is 6. The van der Waals surface area contributed by atoms with Crippen LogP contribution in [0.15, 0.2) is 24.8 Å². The molecular weight excluding hydrogens is 275 g/mol. The summed E-state index contributed by atoms with van der Waals surface area (Å²) in [5.74, 6) is -10.4. The van der Waals surface area contributed by atoms with Crippen molar-refractivity contribution in [2.75, 3.05) is 0 Å². The SMILES string of the molecule is C=CC(CCC/C=C/C)c1c(F)c(F)c(F)c(F)c1F. The molecule has 0 fully saturated rings. The van der Waals surface area contributed by atoms with Gasteiger partial charge >= 0.3 is 0 Å². The average Bonchev–Trinajstić information content (AvgIpc) is 2.45. The van der Waals surface area contributed by atoms with Crippen LogP contribution >= 0.6 is 0 Å². The summed E-state index contributed by atoms with van der Waals surface area (Å²) in [6.45, 7) is 5.24. The Morgan fingerprint density at radius 1 is 0.950 bits per heavy atom. The minimum Gasteiger partial charge on any atom is -0.203 e. The number of allylic oxidation sites excluding steroid dienone is 3. The molecule has 1 aromatic carbocycles. The highest BCUT2D eigenvalue weighted by Crippen LogP contribution is 2.32. The van der Waals surface area contributed by atoms with E-state index < -0.39 is 40.6 Å². The highest BCUT2D eigenvalue weighted by atomic mass is 19.2. The lowest BCUT2D eigenvalue weighted by Gasteiger charge is -2.15. The van der Waals surface area contributed by atoms with Crippen molar-refractivity contribution in [3.63, 3.8) is 0 Å². The Morgan fingerprint density at radius 2 is 1.45 bits per heavy atom. The van der Waals surface area contributed by atoms with E-state index in [-0.39, 0.29) is 6.42 Å². The number of unbranched alkanes of at least 4 members (excludes halogenated alkanes) is 1. The van der Waals surface area contributed by atoms with Crippen LogP contribution in [0.3, 0.4) is 0 Å². The Kier molecular flexibility index (Phi) is 5.92. The molecule has 0 aliphatic carbocycles. The lowest BCUT2D eigenvalue weighted by atomic mass is 9.92. The average molecular weight is 290 g/mol. The molecule has 0 spiro atoms. The maximum atomic E-state index is 13.6. The van der Waals surface area contributed by atoms with Gasteiger partial charge in [-0.15, -0.1) is 6.58 Å². The fraction of sp³-hybridized carbons (Fsp3) is 0.333. The quantitative estimate of drug-likeness (QED) is 0.216. The zero-order chi connectivity index (χ0) is 15.3. The summed E-state index contributed by atoms with van der Waals surface area (Å²) in [6.07, 6.45) is 6.36.